The zero-order chi connectivity index (χ0) is 23.7. The first kappa shape index (κ1) is 22.2. The fourth-order valence-corrected chi connectivity index (χ4v) is 4.72. The summed E-state index contributed by atoms with van der Waals surface area (Å²) >= 11 is 1.11. The van der Waals surface area contributed by atoms with Gasteiger partial charge in [-0.15, -0.1) is 0 Å². The maximum absolute atomic E-state index is 13.4. The zero-order valence-corrected chi connectivity index (χ0v) is 18.5. The minimum Gasteiger partial charge on any atom is -0.502 e. The van der Waals surface area contributed by atoms with Crippen molar-refractivity contribution >= 4 is 29.1 Å². The van der Waals surface area contributed by atoms with E-state index >= 15 is 0 Å². The Morgan fingerprint density at radius 1 is 1.30 bits per heavy atom. The van der Waals surface area contributed by atoms with Gasteiger partial charge in [0.2, 0.25) is 0 Å². The van der Waals surface area contributed by atoms with Gasteiger partial charge in [-0.2, -0.15) is 0 Å². The monoisotopic (exact) mass is 465 g/mol. The number of phenols is 1. The lowest BCUT2D eigenvalue weighted by Crippen LogP contribution is -2.39. The molecule has 0 fully saturated rings. The van der Waals surface area contributed by atoms with Crippen LogP contribution in [0.25, 0.3) is 6.08 Å². The van der Waals surface area contributed by atoms with Crippen LogP contribution in [0.3, 0.4) is 0 Å². The van der Waals surface area contributed by atoms with Crippen LogP contribution in [-0.4, -0.2) is 27.2 Å². The third-order valence-corrected chi connectivity index (χ3v) is 6.11. The number of nitrogens with zero attached hydrogens (tertiary/aromatic N) is 3. The van der Waals surface area contributed by atoms with E-state index in [1.165, 1.54) is 28.8 Å². The normalized spacial score (nSPS) is 15.7. The first-order chi connectivity index (χ1) is 15.8. The molecule has 0 bridgehead atoms. The number of fused-ring (bicyclic) bond motifs is 1. The fraction of sp³-hybridized carbons (Fsp3) is 0.174. The number of nitro benzene ring substituents is 1. The predicted octanol–water partition coefficient (Wildman–Crippen LogP) is 2.41. The molecule has 0 radical (unpaired) electrons. The Balaban J connectivity index is 1.94. The second-order valence-electron chi connectivity index (χ2n) is 7.22. The van der Waals surface area contributed by atoms with Crippen molar-refractivity contribution in [1.82, 2.24) is 4.57 Å². The Bertz CT molecular complexity index is 1470. The van der Waals surface area contributed by atoms with Crippen LogP contribution in [0.2, 0.25) is 0 Å². The van der Waals surface area contributed by atoms with E-state index in [-0.39, 0.29) is 16.7 Å². The third-order valence-electron chi connectivity index (χ3n) is 5.13. The zero-order valence-electron chi connectivity index (χ0n) is 17.7. The van der Waals surface area contributed by atoms with E-state index in [1.807, 2.05) is 30.3 Å². The number of carbonyl (C=O) groups is 1. The molecule has 0 aliphatic carbocycles. The van der Waals surface area contributed by atoms with E-state index in [2.05, 4.69) is 4.99 Å². The van der Waals surface area contributed by atoms with Crippen LogP contribution in [0.1, 0.15) is 31.0 Å². The highest BCUT2D eigenvalue weighted by atomic mass is 32.1. The van der Waals surface area contributed by atoms with Crippen molar-refractivity contribution in [2.45, 2.75) is 19.9 Å². The molecular formula is C23H19N3O6S. The van der Waals surface area contributed by atoms with Gasteiger partial charge in [0, 0.05) is 6.07 Å². The first-order valence-electron chi connectivity index (χ1n) is 10.0. The highest BCUT2D eigenvalue weighted by molar-refractivity contribution is 7.07. The molecule has 0 saturated heterocycles. The second-order valence-corrected chi connectivity index (χ2v) is 8.23. The minimum atomic E-state index is -0.724. The number of ether oxygens (including phenoxy) is 1. The standard InChI is InChI=1S/C23H19N3O6S/c1-3-32-22(29)19-13(2)24-23-25(20(19)15-7-5-4-6-8-15)21(28)18(33-23)12-14-9-10-17(27)16(11-14)26(30)31/h4-12,20,27H,3H2,1-2H3/t20-/m0/s1. The molecule has 1 N–H and O–H groups in total. The second kappa shape index (κ2) is 8.83. The van der Waals surface area contributed by atoms with Crippen LogP contribution in [-0.2, 0) is 9.53 Å². The Morgan fingerprint density at radius 2 is 2.03 bits per heavy atom. The molecule has 1 aliphatic rings. The van der Waals surface area contributed by atoms with Gasteiger partial charge < -0.3 is 9.84 Å². The van der Waals surface area contributed by atoms with Gasteiger partial charge in [0.25, 0.3) is 5.56 Å². The average molecular weight is 465 g/mol. The number of aromatic hydroxyl groups is 1. The molecule has 0 unspecified atom stereocenters. The summed E-state index contributed by atoms with van der Waals surface area (Å²) in [7, 11) is 0. The summed E-state index contributed by atoms with van der Waals surface area (Å²) < 4.78 is 6.97. The number of phenolic OH excluding ortho intramolecular Hbond substituents is 1. The van der Waals surface area contributed by atoms with Gasteiger partial charge >= 0.3 is 11.7 Å². The SMILES string of the molecule is CCOC(=O)C1=C(C)N=c2sc(=Cc3ccc(O)c([N+](=O)[O-])c3)c(=O)n2[C@H]1c1ccccc1. The van der Waals surface area contributed by atoms with E-state index in [9.17, 15) is 24.8 Å². The topological polar surface area (TPSA) is 124 Å². The van der Waals surface area contributed by atoms with Crippen molar-refractivity contribution in [2.75, 3.05) is 6.61 Å². The van der Waals surface area contributed by atoms with Gasteiger partial charge in [0.1, 0.15) is 0 Å². The Morgan fingerprint density at radius 3 is 2.70 bits per heavy atom. The molecule has 1 aliphatic heterocycles. The first-order valence-corrected chi connectivity index (χ1v) is 10.9. The molecule has 0 amide bonds. The smallest absolute Gasteiger partial charge is 0.338 e. The molecule has 4 rings (SSSR count). The Hall–Kier alpha value is -4.05. The molecule has 9 nitrogen and oxygen atoms in total. The summed E-state index contributed by atoms with van der Waals surface area (Å²) in [6.07, 6.45) is 1.50. The van der Waals surface area contributed by atoms with Crippen molar-refractivity contribution in [3.63, 3.8) is 0 Å². The molecular weight excluding hydrogens is 446 g/mol. The summed E-state index contributed by atoms with van der Waals surface area (Å²) in [5.74, 6) is -1.01. The summed E-state index contributed by atoms with van der Waals surface area (Å²) in [5.41, 5.74) is 0.986. The lowest BCUT2D eigenvalue weighted by atomic mass is 9.96. The van der Waals surface area contributed by atoms with Crippen LogP contribution in [0, 0.1) is 10.1 Å². The number of benzene rings is 2. The van der Waals surface area contributed by atoms with Gasteiger partial charge in [-0.1, -0.05) is 47.7 Å². The van der Waals surface area contributed by atoms with Crippen molar-refractivity contribution in [3.05, 3.63) is 101 Å². The van der Waals surface area contributed by atoms with Crippen LogP contribution in [0.15, 0.2) is 69.6 Å². The van der Waals surface area contributed by atoms with E-state index in [0.29, 0.717) is 16.1 Å². The van der Waals surface area contributed by atoms with Crippen LogP contribution in [0.5, 0.6) is 5.75 Å². The number of nitro groups is 1. The Labute approximate surface area is 191 Å². The molecule has 3 aromatic rings. The molecule has 2 aromatic carbocycles. The van der Waals surface area contributed by atoms with E-state index in [4.69, 9.17) is 4.74 Å². The van der Waals surface area contributed by atoms with Gasteiger partial charge in [-0.05, 0) is 37.1 Å². The van der Waals surface area contributed by atoms with E-state index < -0.39 is 33.9 Å². The fourth-order valence-electron chi connectivity index (χ4n) is 3.67. The van der Waals surface area contributed by atoms with Gasteiger partial charge in [-0.25, -0.2) is 9.79 Å². The minimum absolute atomic E-state index is 0.182. The summed E-state index contributed by atoms with van der Waals surface area (Å²) in [6.45, 7) is 3.58. The number of carbonyl (C=O) groups excluding carboxylic acids is 1. The van der Waals surface area contributed by atoms with E-state index in [1.54, 1.807) is 13.8 Å². The van der Waals surface area contributed by atoms with Crippen LogP contribution in [0.4, 0.5) is 5.69 Å². The molecule has 2 heterocycles. The lowest BCUT2D eigenvalue weighted by molar-refractivity contribution is -0.385. The van der Waals surface area contributed by atoms with Crippen molar-refractivity contribution < 1.29 is 19.6 Å². The van der Waals surface area contributed by atoms with Crippen LogP contribution < -0.4 is 14.9 Å². The van der Waals surface area contributed by atoms with Gasteiger partial charge in [0.15, 0.2) is 10.6 Å². The number of allylic oxidation sites excluding steroid dienone is 1. The van der Waals surface area contributed by atoms with E-state index in [0.717, 1.165) is 16.9 Å². The van der Waals surface area contributed by atoms with Crippen molar-refractivity contribution in [1.29, 1.82) is 0 Å². The third kappa shape index (κ3) is 4.08. The maximum Gasteiger partial charge on any atom is 0.338 e. The Kier molecular flexibility index (Phi) is 5.93. The maximum atomic E-state index is 13.4. The number of esters is 1. The van der Waals surface area contributed by atoms with Crippen molar-refractivity contribution in [3.8, 4) is 5.75 Å². The molecule has 168 valence electrons. The summed E-state index contributed by atoms with van der Waals surface area (Å²) in [6, 6.07) is 12.3. The highest BCUT2D eigenvalue weighted by Crippen LogP contribution is 2.30. The molecule has 1 atom stereocenters. The quantitative estimate of drug-likeness (QED) is 0.351. The average Bonchev–Trinajstić information content (AvgIpc) is 3.09. The number of hydrogen-bond acceptors (Lipinski definition) is 8. The molecule has 33 heavy (non-hydrogen) atoms. The number of rotatable bonds is 5. The number of thiazole rings is 1. The predicted molar refractivity (Wildman–Crippen MR) is 122 cm³/mol. The molecule has 0 saturated carbocycles. The van der Waals surface area contributed by atoms with Crippen LogP contribution >= 0.6 is 11.3 Å². The lowest BCUT2D eigenvalue weighted by Gasteiger charge is -2.24. The molecule has 0 spiro atoms. The number of aromatic nitrogens is 1. The number of hydrogen-bond donors (Lipinski definition) is 1. The summed E-state index contributed by atoms with van der Waals surface area (Å²) in [5, 5.41) is 20.8. The molecule has 1 aromatic heterocycles. The highest BCUT2D eigenvalue weighted by Gasteiger charge is 2.33. The largest absolute Gasteiger partial charge is 0.502 e. The van der Waals surface area contributed by atoms with Gasteiger partial charge in [-0.3, -0.25) is 19.5 Å². The summed E-state index contributed by atoms with van der Waals surface area (Å²) in [4.78, 5) is 41.6. The van der Waals surface area contributed by atoms with Crippen molar-refractivity contribution in [2.24, 2.45) is 4.99 Å². The van der Waals surface area contributed by atoms with Gasteiger partial charge in [0.05, 0.1) is 33.4 Å². The molecule has 10 heteroatoms.